The van der Waals surface area contributed by atoms with Crippen LogP contribution in [0, 0.1) is 11.8 Å². The Labute approximate surface area is 180 Å². The Kier molecular flexibility index (Phi) is 7.34. The summed E-state index contributed by atoms with van der Waals surface area (Å²) in [6.45, 7) is 1.84. The van der Waals surface area contributed by atoms with Crippen LogP contribution in [0.5, 0.6) is 0 Å². The van der Waals surface area contributed by atoms with Crippen molar-refractivity contribution in [1.29, 1.82) is 0 Å². The first-order valence-electron chi connectivity index (χ1n) is 9.89. The van der Waals surface area contributed by atoms with Crippen molar-refractivity contribution in [2.24, 2.45) is 11.8 Å². The molecular weight excluding hydrogens is 460 g/mol. The van der Waals surface area contributed by atoms with Crippen molar-refractivity contribution in [3.63, 3.8) is 0 Å². The molecule has 2 fully saturated rings. The van der Waals surface area contributed by atoms with Gasteiger partial charge in [0.25, 0.3) is 0 Å². The van der Waals surface area contributed by atoms with Crippen molar-refractivity contribution in [3.8, 4) is 0 Å². The fourth-order valence-corrected chi connectivity index (χ4v) is 6.07. The summed E-state index contributed by atoms with van der Waals surface area (Å²) in [4.78, 5) is 26.3. The number of likely N-dealkylation sites (tertiary alicyclic amines) is 1. The molecule has 0 radical (unpaired) electrons. The molecule has 0 saturated carbocycles. The molecule has 7 nitrogen and oxygen atoms in total. The lowest BCUT2D eigenvalue weighted by Crippen LogP contribution is -2.47. The molecule has 1 aromatic carbocycles. The van der Waals surface area contributed by atoms with Crippen LogP contribution in [0.1, 0.15) is 31.2 Å². The van der Waals surface area contributed by atoms with Gasteiger partial charge >= 0.3 is 5.97 Å². The Balaban J connectivity index is 1.51. The number of esters is 1. The van der Waals surface area contributed by atoms with E-state index in [0.29, 0.717) is 51.9 Å². The molecule has 29 heavy (non-hydrogen) atoms. The van der Waals surface area contributed by atoms with E-state index in [1.54, 1.807) is 6.07 Å². The fraction of sp³-hybridized carbons (Fsp3) is 0.600. The van der Waals surface area contributed by atoms with E-state index in [2.05, 4.69) is 15.9 Å². The normalized spacial score (nSPS) is 19.9. The summed E-state index contributed by atoms with van der Waals surface area (Å²) in [5, 5.41) is 0. The summed E-state index contributed by atoms with van der Waals surface area (Å²) in [6, 6.07) is 7.30. The van der Waals surface area contributed by atoms with E-state index < -0.39 is 10.0 Å². The van der Waals surface area contributed by atoms with Crippen molar-refractivity contribution in [1.82, 2.24) is 9.21 Å². The number of carbonyl (C=O) groups excluding carboxylic acids is 2. The topological polar surface area (TPSA) is 84.0 Å². The van der Waals surface area contributed by atoms with Crippen molar-refractivity contribution < 1.29 is 22.7 Å². The molecule has 2 aliphatic heterocycles. The Morgan fingerprint density at radius 3 is 2.28 bits per heavy atom. The maximum atomic E-state index is 12.8. The van der Waals surface area contributed by atoms with Crippen LogP contribution >= 0.6 is 15.9 Å². The molecule has 1 aromatic rings. The number of ether oxygens (including phenoxy) is 1. The summed E-state index contributed by atoms with van der Waals surface area (Å²) < 4.78 is 32.6. The first-order valence-corrected chi connectivity index (χ1v) is 12.3. The average Bonchev–Trinajstić information content (AvgIpc) is 2.72. The molecular formula is C20H27BrN2O5S. The minimum atomic E-state index is -3.41. The van der Waals surface area contributed by atoms with E-state index in [9.17, 15) is 18.0 Å². The molecule has 2 saturated heterocycles. The van der Waals surface area contributed by atoms with Gasteiger partial charge in [-0.1, -0.05) is 28.1 Å². The molecule has 3 rings (SSSR count). The lowest BCUT2D eigenvalue weighted by atomic mass is 9.92. The summed E-state index contributed by atoms with van der Waals surface area (Å²) >= 11 is 3.37. The molecule has 2 aliphatic rings. The van der Waals surface area contributed by atoms with Crippen LogP contribution in [0.15, 0.2) is 28.7 Å². The average molecular weight is 487 g/mol. The third-order valence-corrected chi connectivity index (χ3v) is 8.12. The molecule has 0 spiro atoms. The van der Waals surface area contributed by atoms with Gasteiger partial charge in [0, 0.05) is 36.6 Å². The highest BCUT2D eigenvalue weighted by molar-refractivity contribution is 9.10. The number of hydrogen-bond acceptors (Lipinski definition) is 5. The predicted octanol–water partition coefficient (Wildman–Crippen LogP) is 2.40. The lowest BCUT2D eigenvalue weighted by Gasteiger charge is -2.36. The van der Waals surface area contributed by atoms with Gasteiger partial charge in [-0.05, 0) is 43.4 Å². The number of sulfonamides is 1. The molecule has 1 amide bonds. The number of benzene rings is 1. The largest absolute Gasteiger partial charge is 0.469 e. The summed E-state index contributed by atoms with van der Waals surface area (Å²) in [6.07, 6.45) is 2.32. The second-order valence-corrected chi connectivity index (χ2v) is 10.6. The number of carbonyl (C=O) groups is 2. The molecule has 0 N–H and O–H groups in total. The molecule has 0 aromatic heterocycles. The second kappa shape index (κ2) is 9.57. The molecule has 0 aliphatic carbocycles. The third kappa shape index (κ3) is 5.58. The predicted molar refractivity (Wildman–Crippen MR) is 112 cm³/mol. The van der Waals surface area contributed by atoms with Crippen molar-refractivity contribution in [2.75, 3.05) is 33.3 Å². The zero-order valence-electron chi connectivity index (χ0n) is 16.5. The lowest BCUT2D eigenvalue weighted by molar-refractivity contribution is -0.149. The van der Waals surface area contributed by atoms with E-state index in [4.69, 9.17) is 4.74 Å². The Morgan fingerprint density at radius 2 is 1.69 bits per heavy atom. The van der Waals surface area contributed by atoms with Gasteiger partial charge in [0.2, 0.25) is 15.9 Å². The smallest absolute Gasteiger partial charge is 0.308 e. The highest BCUT2D eigenvalue weighted by Crippen LogP contribution is 2.26. The second-order valence-electron chi connectivity index (χ2n) is 7.68. The molecule has 0 unspecified atom stereocenters. The monoisotopic (exact) mass is 486 g/mol. The highest BCUT2D eigenvalue weighted by atomic mass is 79.9. The minimum absolute atomic E-state index is 0.0356. The van der Waals surface area contributed by atoms with E-state index >= 15 is 0 Å². The molecule has 0 atom stereocenters. The van der Waals surface area contributed by atoms with Gasteiger partial charge < -0.3 is 9.64 Å². The van der Waals surface area contributed by atoms with Crippen LogP contribution in [-0.2, 0) is 30.1 Å². The van der Waals surface area contributed by atoms with Crippen molar-refractivity contribution >= 4 is 37.8 Å². The van der Waals surface area contributed by atoms with Gasteiger partial charge in [-0.2, -0.15) is 0 Å². The van der Waals surface area contributed by atoms with Gasteiger partial charge in [-0.25, -0.2) is 12.7 Å². The zero-order chi connectivity index (χ0) is 21.0. The fourth-order valence-electron chi connectivity index (χ4n) is 4.07. The van der Waals surface area contributed by atoms with Crippen LogP contribution in [0.25, 0.3) is 0 Å². The van der Waals surface area contributed by atoms with E-state index in [0.717, 1.165) is 10.0 Å². The summed E-state index contributed by atoms with van der Waals surface area (Å²) in [7, 11) is -2.02. The van der Waals surface area contributed by atoms with Gasteiger partial charge in [0.1, 0.15) is 0 Å². The SMILES string of the molecule is COC(=O)C1CCN(C(=O)C2CCN(S(=O)(=O)Cc3cccc(Br)c3)CC2)CC1. The number of hydrogen-bond donors (Lipinski definition) is 0. The van der Waals surface area contributed by atoms with Crippen LogP contribution in [-0.4, -0.2) is 62.8 Å². The molecule has 160 valence electrons. The summed E-state index contributed by atoms with van der Waals surface area (Å²) in [5.74, 6) is -0.444. The first kappa shape index (κ1) is 22.2. The van der Waals surface area contributed by atoms with E-state index in [1.807, 2.05) is 23.1 Å². The Morgan fingerprint density at radius 1 is 1.07 bits per heavy atom. The van der Waals surface area contributed by atoms with Gasteiger partial charge in [-0.15, -0.1) is 0 Å². The standard InChI is InChI=1S/C20H27BrN2O5S/c1-28-20(25)17-5-9-22(10-6-17)19(24)16-7-11-23(12-8-16)29(26,27)14-15-3-2-4-18(21)13-15/h2-4,13,16-17H,5-12,14H2,1H3. The zero-order valence-corrected chi connectivity index (χ0v) is 19.0. The number of nitrogens with zero attached hydrogens (tertiary/aromatic N) is 2. The number of methoxy groups -OCH3 is 1. The minimum Gasteiger partial charge on any atom is -0.469 e. The van der Waals surface area contributed by atoms with Crippen LogP contribution < -0.4 is 0 Å². The van der Waals surface area contributed by atoms with E-state index in [-0.39, 0.29) is 29.5 Å². The Bertz CT molecular complexity index is 844. The van der Waals surface area contributed by atoms with Crippen molar-refractivity contribution in [2.45, 2.75) is 31.4 Å². The van der Waals surface area contributed by atoms with Gasteiger partial charge in [0.05, 0.1) is 18.8 Å². The number of amides is 1. The van der Waals surface area contributed by atoms with Gasteiger partial charge in [0.15, 0.2) is 0 Å². The molecule has 9 heteroatoms. The van der Waals surface area contributed by atoms with Crippen molar-refractivity contribution in [3.05, 3.63) is 34.3 Å². The maximum absolute atomic E-state index is 12.8. The number of rotatable bonds is 5. The number of piperidine rings is 2. The molecule has 2 heterocycles. The van der Waals surface area contributed by atoms with Crippen LogP contribution in [0.2, 0.25) is 0 Å². The van der Waals surface area contributed by atoms with Gasteiger partial charge in [-0.3, -0.25) is 9.59 Å². The Hall–Kier alpha value is -1.45. The third-order valence-electron chi connectivity index (χ3n) is 5.78. The maximum Gasteiger partial charge on any atom is 0.308 e. The van der Waals surface area contributed by atoms with Crippen LogP contribution in [0.3, 0.4) is 0 Å². The number of halogens is 1. The quantitative estimate of drug-likeness (QED) is 0.596. The highest BCUT2D eigenvalue weighted by Gasteiger charge is 2.35. The summed E-state index contributed by atoms with van der Waals surface area (Å²) in [5.41, 5.74) is 0.742. The molecule has 0 bridgehead atoms. The van der Waals surface area contributed by atoms with E-state index in [1.165, 1.54) is 11.4 Å². The van der Waals surface area contributed by atoms with Crippen LogP contribution in [0.4, 0.5) is 0 Å². The first-order chi connectivity index (χ1) is 13.8.